The third-order valence-corrected chi connectivity index (χ3v) is 2.90. The van der Waals surface area contributed by atoms with Gasteiger partial charge >= 0.3 is 5.69 Å². The molecular weight excluding hydrogens is 242 g/mol. The number of aromatic nitrogens is 4. The maximum absolute atomic E-state index is 11.6. The molecule has 3 aromatic rings. The molecule has 0 bridgehead atoms. The van der Waals surface area contributed by atoms with Crippen LogP contribution < -0.4 is 5.69 Å². The van der Waals surface area contributed by atoms with Crippen molar-refractivity contribution in [2.45, 2.75) is 0 Å². The number of fused-ring (bicyclic) bond motifs is 1. The van der Waals surface area contributed by atoms with Crippen LogP contribution in [0.2, 0.25) is 0 Å². The van der Waals surface area contributed by atoms with Crippen LogP contribution in [0.3, 0.4) is 0 Å². The lowest BCUT2D eigenvalue weighted by Crippen LogP contribution is -2.20. The molecule has 0 aliphatic carbocycles. The fourth-order valence-corrected chi connectivity index (χ4v) is 1.93. The molecule has 1 N–H and O–H groups in total. The fraction of sp³-hybridized carbons (Fsp3) is 0.0769. The van der Waals surface area contributed by atoms with E-state index < -0.39 is 5.69 Å². The number of nitriles is 1. The summed E-state index contributed by atoms with van der Waals surface area (Å²) in [6, 6.07) is 7.50. The monoisotopic (exact) mass is 251 g/mol. The smallest absolute Gasteiger partial charge is 0.345 e. The SMILES string of the molecule is Cn1cc(C#N)c(-c2ccc3nc[nH]c3c2)nc1=O. The number of hydrogen-bond donors (Lipinski definition) is 1. The minimum Gasteiger partial charge on any atom is -0.345 e. The van der Waals surface area contributed by atoms with Crippen LogP contribution in [0.4, 0.5) is 0 Å². The molecule has 19 heavy (non-hydrogen) atoms. The molecule has 1 aromatic carbocycles. The molecule has 2 heterocycles. The Labute approximate surface area is 108 Å². The summed E-state index contributed by atoms with van der Waals surface area (Å²) in [5.41, 5.74) is 2.74. The summed E-state index contributed by atoms with van der Waals surface area (Å²) in [6.07, 6.45) is 3.08. The van der Waals surface area contributed by atoms with Crippen molar-refractivity contribution in [3.8, 4) is 17.3 Å². The molecule has 0 spiro atoms. The summed E-state index contributed by atoms with van der Waals surface area (Å²) in [4.78, 5) is 22.7. The Morgan fingerprint density at radius 3 is 3.05 bits per heavy atom. The van der Waals surface area contributed by atoms with Gasteiger partial charge in [0.15, 0.2) is 0 Å². The molecule has 0 saturated heterocycles. The maximum Gasteiger partial charge on any atom is 0.347 e. The van der Waals surface area contributed by atoms with Crippen LogP contribution in [0.5, 0.6) is 0 Å². The summed E-state index contributed by atoms with van der Waals surface area (Å²) in [6.45, 7) is 0. The zero-order valence-corrected chi connectivity index (χ0v) is 10.1. The van der Waals surface area contributed by atoms with Crippen LogP contribution in [-0.4, -0.2) is 19.5 Å². The second-order valence-electron chi connectivity index (χ2n) is 4.14. The molecule has 0 aliphatic rings. The zero-order chi connectivity index (χ0) is 13.4. The maximum atomic E-state index is 11.6. The second kappa shape index (κ2) is 4.07. The predicted molar refractivity (Wildman–Crippen MR) is 69.3 cm³/mol. The largest absolute Gasteiger partial charge is 0.347 e. The molecule has 6 heteroatoms. The van der Waals surface area contributed by atoms with Crippen molar-refractivity contribution in [2.75, 3.05) is 0 Å². The van der Waals surface area contributed by atoms with Gasteiger partial charge in [-0.25, -0.2) is 9.78 Å². The number of aromatic amines is 1. The molecule has 6 nitrogen and oxygen atoms in total. The second-order valence-corrected chi connectivity index (χ2v) is 4.14. The van der Waals surface area contributed by atoms with Crippen LogP contribution in [0.25, 0.3) is 22.3 Å². The third-order valence-electron chi connectivity index (χ3n) is 2.90. The lowest BCUT2D eigenvalue weighted by Gasteiger charge is -2.04. The van der Waals surface area contributed by atoms with Gasteiger partial charge < -0.3 is 9.55 Å². The molecule has 3 rings (SSSR count). The third kappa shape index (κ3) is 1.77. The Bertz CT molecular complexity index is 869. The van der Waals surface area contributed by atoms with Crippen LogP contribution >= 0.6 is 0 Å². The first-order valence-corrected chi connectivity index (χ1v) is 5.60. The van der Waals surface area contributed by atoms with Gasteiger partial charge in [-0.2, -0.15) is 10.2 Å². The molecule has 2 aromatic heterocycles. The van der Waals surface area contributed by atoms with E-state index >= 15 is 0 Å². The van der Waals surface area contributed by atoms with Crippen molar-refractivity contribution in [1.82, 2.24) is 19.5 Å². The molecular formula is C13H9N5O. The summed E-state index contributed by atoms with van der Waals surface area (Å²) in [5, 5.41) is 9.14. The van der Waals surface area contributed by atoms with Gasteiger partial charge in [0.1, 0.15) is 6.07 Å². The van der Waals surface area contributed by atoms with Crippen LogP contribution in [0, 0.1) is 11.3 Å². The van der Waals surface area contributed by atoms with E-state index in [4.69, 9.17) is 5.26 Å². The number of benzene rings is 1. The Hall–Kier alpha value is -2.94. The highest BCUT2D eigenvalue weighted by Crippen LogP contribution is 2.22. The first-order valence-electron chi connectivity index (χ1n) is 5.60. The van der Waals surface area contributed by atoms with Crippen molar-refractivity contribution in [3.05, 3.63) is 46.8 Å². The standard InChI is InChI=1S/C13H9N5O/c1-18-6-9(5-14)12(17-13(18)19)8-2-3-10-11(4-8)16-7-15-10/h2-4,6-7H,1H3,(H,15,16). The van der Waals surface area contributed by atoms with Crippen LogP contribution in [0.15, 0.2) is 35.5 Å². The number of H-pyrrole nitrogens is 1. The van der Waals surface area contributed by atoms with Crippen molar-refractivity contribution < 1.29 is 0 Å². The lowest BCUT2D eigenvalue weighted by atomic mass is 10.1. The highest BCUT2D eigenvalue weighted by Gasteiger charge is 2.10. The van der Waals surface area contributed by atoms with Gasteiger partial charge in [0, 0.05) is 18.8 Å². The molecule has 0 saturated carbocycles. The van der Waals surface area contributed by atoms with E-state index in [0.29, 0.717) is 16.8 Å². The van der Waals surface area contributed by atoms with E-state index in [2.05, 4.69) is 21.0 Å². The van der Waals surface area contributed by atoms with Gasteiger partial charge in [-0.1, -0.05) is 6.07 Å². The minimum atomic E-state index is -0.390. The molecule has 0 unspecified atom stereocenters. The Morgan fingerprint density at radius 2 is 2.26 bits per heavy atom. The Balaban J connectivity index is 2.28. The van der Waals surface area contributed by atoms with Crippen molar-refractivity contribution in [2.24, 2.45) is 7.05 Å². The average molecular weight is 251 g/mol. The fourth-order valence-electron chi connectivity index (χ4n) is 1.93. The quantitative estimate of drug-likeness (QED) is 0.703. The van der Waals surface area contributed by atoms with Gasteiger partial charge in [-0.15, -0.1) is 0 Å². The summed E-state index contributed by atoms with van der Waals surface area (Å²) < 4.78 is 1.29. The van der Waals surface area contributed by atoms with E-state index in [1.54, 1.807) is 19.4 Å². The first-order chi connectivity index (χ1) is 9.19. The van der Waals surface area contributed by atoms with E-state index in [9.17, 15) is 4.79 Å². The molecule has 0 atom stereocenters. The Kier molecular flexibility index (Phi) is 2.39. The highest BCUT2D eigenvalue weighted by molar-refractivity contribution is 5.81. The normalized spacial score (nSPS) is 10.5. The molecule has 0 aliphatic heterocycles. The molecule has 0 fully saturated rings. The van der Waals surface area contributed by atoms with Crippen LogP contribution in [-0.2, 0) is 7.05 Å². The predicted octanol–water partition coefficient (Wildman–Crippen LogP) is 1.20. The van der Waals surface area contributed by atoms with Crippen molar-refractivity contribution >= 4 is 11.0 Å². The van der Waals surface area contributed by atoms with Crippen molar-refractivity contribution in [1.29, 1.82) is 5.26 Å². The summed E-state index contributed by atoms with van der Waals surface area (Å²) in [5.74, 6) is 0. The number of imidazole rings is 1. The highest BCUT2D eigenvalue weighted by atomic mass is 16.1. The lowest BCUT2D eigenvalue weighted by molar-refractivity contribution is 0.809. The summed E-state index contributed by atoms with van der Waals surface area (Å²) >= 11 is 0. The number of nitrogens with zero attached hydrogens (tertiary/aromatic N) is 4. The van der Waals surface area contributed by atoms with Gasteiger partial charge in [0.2, 0.25) is 0 Å². The molecule has 0 amide bonds. The molecule has 0 radical (unpaired) electrons. The number of aryl methyl sites for hydroxylation is 1. The Morgan fingerprint density at radius 1 is 1.42 bits per heavy atom. The van der Waals surface area contributed by atoms with Gasteiger partial charge in [-0.3, -0.25) is 0 Å². The molecule has 92 valence electrons. The van der Waals surface area contributed by atoms with Gasteiger partial charge in [0.25, 0.3) is 0 Å². The van der Waals surface area contributed by atoms with E-state index in [-0.39, 0.29) is 0 Å². The van der Waals surface area contributed by atoms with Gasteiger partial charge in [0.05, 0.1) is 28.6 Å². The van der Waals surface area contributed by atoms with E-state index in [0.717, 1.165) is 11.0 Å². The van der Waals surface area contributed by atoms with Crippen LogP contribution in [0.1, 0.15) is 5.56 Å². The van der Waals surface area contributed by atoms with Gasteiger partial charge in [-0.05, 0) is 12.1 Å². The number of rotatable bonds is 1. The number of hydrogen-bond acceptors (Lipinski definition) is 4. The van der Waals surface area contributed by atoms with E-state index in [1.807, 2.05) is 12.1 Å². The summed E-state index contributed by atoms with van der Waals surface area (Å²) in [7, 11) is 1.57. The minimum absolute atomic E-state index is 0.362. The topological polar surface area (TPSA) is 87.4 Å². The zero-order valence-electron chi connectivity index (χ0n) is 10.1. The first kappa shape index (κ1) is 11.2. The average Bonchev–Trinajstić information content (AvgIpc) is 2.88. The van der Waals surface area contributed by atoms with Crippen molar-refractivity contribution in [3.63, 3.8) is 0 Å². The van der Waals surface area contributed by atoms with E-state index in [1.165, 1.54) is 10.8 Å². The number of nitrogens with one attached hydrogen (secondary N) is 1.